The molecule has 2 bridgehead atoms. The van der Waals surface area contributed by atoms with Gasteiger partial charge in [0.25, 0.3) is 5.91 Å². The molecule has 0 spiro atoms. The number of sulfone groups is 1. The molecule has 2 N–H and O–H groups in total. The van der Waals surface area contributed by atoms with Gasteiger partial charge in [0.15, 0.2) is 5.44 Å². The second-order valence-electron chi connectivity index (χ2n) is 9.87. The summed E-state index contributed by atoms with van der Waals surface area (Å²) >= 11 is 0. The second kappa shape index (κ2) is 7.92. The van der Waals surface area contributed by atoms with Gasteiger partial charge in [-0.2, -0.15) is 0 Å². The van der Waals surface area contributed by atoms with Crippen molar-refractivity contribution in [3.05, 3.63) is 28.8 Å². The number of hydrogen-bond acceptors (Lipinski definition) is 5. The van der Waals surface area contributed by atoms with Gasteiger partial charge < -0.3 is 15.4 Å². The van der Waals surface area contributed by atoms with Crippen LogP contribution < -0.4 is 10.6 Å². The first-order valence-corrected chi connectivity index (χ1v) is 12.6. The molecule has 30 heavy (non-hydrogen) atoms. The molecule has 6 nitrogen and oxygen atoms in total. The first kappa shape index (κ1) is 21.8. The van der Waals surface area contributed by atoms with Crippen molar-refractivity contribution in [2.24, 2.45) is 23.2 Å². The van der Waals surface area contributed by atoms with E-state index >= 15 is 0 Å². The molecule has 4 fully saturated rings. The van der Waals surface area contributed by atoms with Gasteiger partial charge in [0.1, 0.15) is 0 Å². The van der Waals surface area contributed by atoms with E-state index in [0.717, 1.165) is 17.9 Å². The number of benzene rings is 1. The highest BCUT2D eigenvalue weighted by atomic mass is 32.2. The molecule has 3 saturated carbocycles. The fourth-order valence-electron chi connectivity index (χ4n) is 5.67. The number of hydrogen-bond donors (Lipinski definition) is 2. The largest absolute Gasteiger partial charge is 0.359 e. The molecule has 0 aromatic heterocycles. The summed E-state index contributed by atoms with van der Waals surface area (Å²) < 4.78 is 31.8. The fraction of sp³-hybridized carbons (Fsp3) is 0.696. The molecule has 1 aliphatic heterocycles. The Bertz CT molecular complexity index is 933. The van der Waals surface area contributed by atoms with E-state index in [9.17, 15) is 13.2 Å². The van der Waals surface area contributed by atoms with Gasteiger partial charge in [-0.1, -0.05) is 13.8 Å². The molecule has 1 aromatic rings. The van der Waals surface area contributed by atoms with Crippen LogP contribution in [-0.2, 0) is 14.6 Å². The highest BCUT2D eigenvalue weighted by Gasteiger charge is 2.53. The second-order valence-corrected chi connectivity index (χ2v) is 11.9. The molecule has 4 atom stereocenters. The van der Waals surface area contributed by atoms with E-state index in [1.54, 1.807) is 13.0 Å². The molecule has 3 aliphatic carbocycles. The third-order valence-electron chi connectivity index (χ3n) is 7.95. The van der Waals surface area contributed by atoms with Gasteiger partial charge in [-0.25, -0.2) is 8.42 Å². The zero-order valence-electron chi connectivity index (χ0n) is 18.5. The lowest BCUT2D eigenvalue weighted by atomic mass is 9.45. The van der Waals surface area contributed by atoms with Crippen LogP contribution in [0.2, 0.25) is 0 Å². The summed E-state index contributed by atoms with van der Waals surface area (Å²) in [5.41, 5.74) is 1.34. The van der Waals surface area contributed by atoms with Crippen LogP contribution in [0, 0.1) is 37.0 Å². The van der Waals surface area contributed by atoms with E-state index in [4.69, 9.17) is 4.74 Å². The van der Waals surface area contributed by atoms with E-state index in [-0.39, 0.29) is 17.3 Å². The molecule has 1 heterocycles. The monoisotopic (exact) mass is 434 g/mol. The SMILES string of the molecule is Cc1cc(C(=O)NC[C@@H]2CC[C@H]3C[C@@H]2C3(C)C)cc(S(=O)(=O)C2CNCCO2)c1C. The minimum atomic E-state index is -3.69. The number of aryl methyl sites for hydroxylation is 1. The number of morpholine rings is 1. The van der Waals surface area contributed by atoms with E-state index < -0.39 is 15.3 Å². The molecule has 166 valence electrons. The van der Waals surface area contributed by atoms with Crippen molar-refractivity contribution >= 4 is 15.7 Å². The number of nitrogens with one attached hydrogen (secondary N) is 2. The summed E-state index contributed by atoms with van der Waals surface area (Å²) in [6.07, 6.45) is 3.68. The molecule has 4 aliphatic rings. The molecule has 1 amide bonds. The van der Waals surface area contributed by atoms with Gasteiger partial charge in [0, 0.05) is 25.2 Å². The van der Waals surface area contributed by atoms with Crippen LogP contribution in [0.5, 0.6) is 0 Å². The topological polar surface area (TPSA) is 84.5 Å². The van der Waals surface area contributed by atoms with Crippen molar-refractivity contribution in [3.63, 3.8) is 0 Å². The summed E-state index contributed by atoms with van der Waals surface area (Å²) in [5, 5.41) is 6.16. The Hall–Kier alpha value is -1.44. The summed E-state index contributed by atoms with van der Waals surface area (Å²) in [7, 11) is -3.69. The summed E-state index contributed by atoms with van der Waals surface area (Å²) in [4.78, 5) is 13.1. The zero-order valence-corrected chi connectivity index (χ0v) is 19.3. The quantitative estimate of drug-likeness (QED) is 0.744. The molecule has 7 heteroatoms. The van der Waals surface area contributed by atoms with Crippen molar-refractivity contribution in [2.45, 2.75) is 57.3 Å². The first-order chi connectivity index (χ1) is 14.1. The van der Waals surface area contributed by atoms with Crippen molar-refractivity contribution < 1.29 is 17.9 Å². The highest BCUT2D eigenvalue weighted by molar-refractivity contribution is 7.92. The number of ether oxygens (including phenoxy) is 1. The Morgan fingerprint density at radius 1 is 1.27 bits per heavy atom. The van der Waals surface area contributed by atoms with Crippen LogP contribution in [0.4, 0.5) is 0 Å². The van der Waals surface area contributed by atoms with Crippen LogP contribution in [0.3, 0.4) is 0 Å². The first-order valence-electron chi connectivity index (χ1n) is 11.1. The maximum Gasteiger partial charge on any atom is 0.251 e. The Labute approximate surface area is 180 Å². The van der Waals surface area contributed by atoms with Gasteiger partial charge in [-0.15, -0.1) is 0 Å². The van der Waals surface area contributed by atoms with E-state index in [2.05, 4.69) is 24.5 Å². The van der Waals surface area contributed by atoms with Gasteiger partial charge >= 0.3 is 0 Å². The maximum absolute atomic E-state index is 13.2. The maximum atomic E-state index is 13.2. The van der Waals surface area contributed by atoms with Crippen LogP contribution in [-0.4, -0.2) is 46.0 Å². The van der Waals surface area contributed by atoms with Crippen LogP contribution in [0.25, 0.3) is 0 Å². The summed E-state index contributed by atoms with van der Waals surface area (Å²) in [6.45, 7) is 10.3. The van der Waals surface area contributed by atoms with E-state index in [1.807, 2.05) is 6.92 Å². The number of carbonyl (C=O) groups excluding carboxylic acids is 1. The average molecular weight is 435 g/mol. The van der Waals surface area contributed by atoms with Crippen molar-refractivity contribution in [2.75, 3.05) is 26.2 Å². The lowest BCUT2D eigenvalue weighted by Gasteiger charge is -2.60. The molecule has 0 radical (unpaired) electrons. The van der Waals surface area contributed by atoms with Crippen LogP contribution in [0.15, 0.2) is 17.0 Å². The van der Waals surface area contributed by atoms with Gasteiger partial charge in [-0.3, -0.25) is 4.79 Å². The molecule has 5 rings (SSSR count). The molecular formula is C23H34N2O4S. The number of carbonyl (C=O) groups is 1. The standard InChI is InChI=1S/C23H34N2O4S/c1-14-9-17(10-20(15(14)2)30(27,28)21-13-24-7-8-29-21)22(26)25-12-16-5-6-18-11-19(16)23(18,3)4/h9-10,16,18-19,21,24H,5-8,11-13H2,1-4H3,(H,25,26)/t16-,18-,19-,21?/m0/s1. The molecule has 1 saturated heterocycles. The zero-order chi connectivity index (χ0) is 21.7. The number of rotatable bonds is 5. The van der Waals surface area contributed by atoms with E-state index in [1.165, 1.54) is 18.9 Å². The lowest BCUT2D eigenvalue weighted by Crippen LogP contribution is -2.54. The Morgan fingerprint density at radius 3 is 2.67 bits per heavy atom. The average Bonchev–Trinajstić information content (AvgIpc) is 2.74. The summed E-state index contributed by atoms with van der Waals surface area (Å²) in [6, 6.07) is 3.31. The third-order valence-corrected chi connectivity index (χ3v) is 9.99. The number of amides is 1. The van der Waals surface area contributed by atoms with Gasteiger partial charge in [0.05, 0.1) is 11.5 Å². The van der Waals surface area contributed by atoms with E-state index in [0.29, 0.717) is 48.1 Å². The van der Waals surface area contributed by atoms with Crippen molar-refractivity contribution in [1.82, 2.24) is 10.6 Å². The Balaban J connectivity index is 1.51. The predicted octanol–water partition coefficient (Wildman–Crippen LogP) is 2.83. The van der Waals surface area contributed by atoms with Crippen LogP contribution in [0.1, 0.15) is 54.6 Å². The van der Waals surface area contributed by atoms with Crippen LogP contribution >= 0.6 is 0 Å². The normalized spacial score (nSPS) is 30.4. The minimum Gasteiger partial charge on any atom is -0.359 e. The fourth-order valence-corrected chi connectivity index (χ4v) is 7.44. The molecule has 1 aromatic carbocycles. The smallest absolute Gasteiger partial charge is 0.251 e. The molecular weight excluding hydrogens is 400 g/mol. The lowest BCUT2D eigenvalue weighted by molar-refractivity contribution is -0.103. The Kier molecular flexibility index (Phi) is 5.75. The minimum absolute atomic E-state index is 0.196. The van der Waals surface area contributed by atoms with Gasteiger partial charge in [0.2, 0.25) is 9.84 Å². The molecule has 1 unspecified atom stereocenters. The number of fused-ring (bicyclic) bond motifs is 2. The Morgan fingerprint density at radius 2 is 2.03 bits per heavy atom. The summed E-state index contributed by atoms with van der Waals surface area (Å²) in [5.74, 6) is 1.81. The third kappa shape index (κ3) is 3.69. The van der Waals surface area contributed by atoms with Gasteiger partial charge in [-0.05, 0) is 79.5 Å². The highest BCUT2D eigenvalue weighted by Crippen LogP contribution is 2.61. The van der Waals surface area contributed by atoms with Crippen molar-refractivity contribution in [1.29, 1.82) is 0 Å². The predicted molar refractivity (Wildman–Crippen MR) is 116 cm³/mol. The van der Waals surface area contributed by atoms with Crippen molar-refractivity contribution in [3.8, 4) is 0 Å².